The van der Waals surface area contributed by atoms with Crippen molar-refractivity contribution in [1.29, 1.82) is 0 Å². The minimum absolute atomic E-state index is 0.0255. The molecule has 0 fully saturated rings. The maximum atomic E-state index is 13.5. The summed E-state index contributed by atoms with van der Waals surface area (Å²) in [6, 6.07) is 2.45. The Morgan fingerprint density at radius 2 is 1.60 bits per heavy atom. The molecule has 0 spiro atoms. The molecule has 1 heterocycles. The van der Waals surface area contributed by atoms with Crippen LogP contribution in [0.1, 0.15) is 31.2 Å². The fraction of sp³-hybridized carbons (Fsp3) is 0.462. The lowest BCUT2D eigenvalue weighted by Gasteiger charge is -2.25. The molecule has 16 heteroatoms. The van der Waals surface area contributed by atoms with E-state index in [2.05, 4.69) is 25.9 Å². The van der Waals surface area contributed by atoms with Crippen molar-refractivity contribution in [3.63, 3.8) is 0 Å². The van der Waals surface area contributed by atoms with Gasteiger partial charge < -0.3 is 49.0 Å². The van der Waals surface area contributed by atoms with Crippen LogP contribution in [0, 0.1) is 0 Å². The Kier molecular flexibility index (Phi) is 13.6. The average Bonchev–Trinajstić information content (AvgIpc) is 3.34. The van der Waals surface area contributed by atoms with Crippen LogP contribution >= 0.6 is 11.8 Å². The van der Waals surface area contributed by atoms with Crippen LogP contribution in [0.3, 0.4) is 0 Å². The number of H-pyrrole nitrogens is 1. The van der Waals surface area contributed by atoms with E-state index in [0.29, 0.717) is 17.7 Å². The third-order valence-corrected chi connectivity index (χ3v) is 6.94. The van der Waals surface area contributed by atoms with Gasteiger partial charge in [-0.05, 0) is 42.9 Å². The van der Waals surface area contributed by atoms with Crippen molar-refractivity contribution in [2.24, 2.45) is 27.9 Å². The molecule has 230 valence electrons. The number of nitrogens with zero attached hydrogens (tertiary/aromatic N) is 1. The smallest absolute Gasteiger partial charge is 0.326 e. The van der Waals surface area contributed by atoms with E-state index in [1.807, 2.05) is 30.5 Å². The summed E-state index contributed by atoms with van der Waals surface area (Å²) >= 11 is 1.52. The molecule has 0 aliphatic rings. The zero-order valence-corrected chi connectivity index (χ0v) is 24.1. The number of nitrogens with two attached hydrogens (primary N) is 4. The molecule has 4 atom stereocenters. The van der Waals surface area contributed by atoms with E-state index in [9.17, 15) is 29.1 Å². The van der Waals surface area contributed by atoms with Gasteiger partial charge in [0.05, 0.1) is 12.5 Å². The molecule has 2 aromatic rings. The van der Waals surface area contributed by atoms with Gasteiger partial charge in [-0.25, -0.2) is 4.79 Å². The fourth-order valence-corrected chi connectivity index (χ4v) is 4.59. The van der Waals surface area contributed by atoms with Crippen molar-refractivity contribution in [3.05, 3.63) is 36.0 Å². The van der Waals surface area contributed by atoms with Gasteiger partial charge in [-0.3, -0.25) is 24.2 Å². The van der Waals surface area contributed by atoms with Crippen LogP contribution in [0.25, 0.3) is 10.9 Å². The Morgan fingerprint density at radius 3 is 2.24 bits per heavy atom. The third-order valence-electron chi connectivity index (χ3n) is 6.30. The normalized spacial score (nSPS) is 13.8. The van der Waals surface area contributed by atoms with Gasteiger partial charge in [0.2, 0.25) is 23.6 Å². The number of primary amides is 1. The number of guanidine groups is 1. The number of aromatic nitrogens is 1. The predicted octanol–water partition coefficient (Wildman–Crippen LogP) is -1.74. The number of benzene rings is 1. The van der Waals surface area contributed by atoms with Crippen LogP contribution in [0.2, 0.25) is 0 Å². The molecule has 0 aliphatic carbocycles. The number of rotatable bonds is 18. The lowest BCUT2D eigenvalue weighted by molar-refractivity contribution is -0.142. The number of amides is 4. The zero-order valence-electron chi connectivity index (χ0n) is 23.3. The molecule has 1 aromatic carbocycles. The van der Waals surface area contributed by atoms with Gasteiger partial charge in [0.25, 0.3) is 0 Å². The lowest BCUT2D eigenvalue weighted by Crippen LogP contribution is -2.58. The van der Waals surface area contributed by atoms with Gasteiger partial charge in [0.15, 0.2) is 5.96 Å². The molecule has 42 heavy (non-hydrogen) atoms. The second-order valence-electron chi connectivity index (χ2n) is 9.59. The quantitative estimate of drug-likeness (QED) is 0.0525. The van der Waals surface area contributed by atoms with Gasteiger partial charge >= 0.3 is 5.97 Å². The van der Waals surface area contributed by atoms with Crippen molar-refractivity contribution in [2.75, 3.05) is 18.6 Å². The number of hydrogen-bond donors (Lipinski definition) is 9. The Morgan fingerprint density at radius 1 is 0.952 bits per heavy atom. The van der Waals surface area contributed by atoms with E-state index in [-0.39, 0.29) is 31.8 Å². The number of carbonyl (C=O) groups is 5. The number of carboxylic acids is 1. The highest BCUT2D eigenvalue weighted by molar-refractivity contribution is 7.98. The molecule has 2 rings (SSSR count). The van der Waals surface area contributed by atoms with Crippen molar-refractivity contribution < 1.29 is 29.1 Å². The van der Waals surface area contributed by atoms with Crippen LogP contribution in [-0.4, -0.2) is 88.4 Å². The molecule has 4 amide bonds. The minimum atomic E-state index is -1.51. The number of aliphatic carboxylic acids is 1. The second-order valence-corrected chi connectivity index (χ2v) is 10.6. The summed E-state index contributed by atoms with van der Waals surface area (Å²) in [5, 5.41) is 17.8. The molecule has 0 saturated heterocycles. The maximum Gasteiger partial charge on any atom is 0.326 e. The van der Waals surface area contributed by atoms with E-state index in [1.165, 1.54) is 11.8 Å². The van der Waals surface area contributed by atoms with Crippen molar-refractivity contribution in [1.82, 2.24) is 20.9 Å². The molecule has 15 nitrogen and oxygen atoms in total. The van der Waals surface area contributed by atoms with Crippen LogP contribution in [0.4, 0.5) is 0 Å². The summed E-state index contributed by atoms with van der Waals surface area (Å²) < 4.78 is 0. The van der Waals surface area contributed by atoms with Crippen molar-refractivity contribution in [2.45, 2.75) is 56.3 Å². The number of para-hydroxylation sites is 1. The van der Waals surface area contributed by atoms with E-state index in [4.69, 9.17) is 22.9 Å². The lowest BCUT2D eigenvalue weighted by atomic mass is 10.0. The number of carbonyl (C=O) groups excluding carboxylic acids is 4. The number of aliphatic imine (C=N–C) groups is 1. The predicted molar refractivity (Wildman–Crippen MR) is 160 cm³/mol. The Hall–Kier alpha value is -4.31. The fourth-order valence-electron chi connectivity index (χ4n) is 4.10. The van der Waals surface area contributed by atoms with Gasteiger partial charge in [0, 0.05) is 30.1 Å². The minimum Gasteiger partial charge on any atom is -0.480 e. The molecule has 0 radical (unpaired) electrons. The van der Waals surface area contributed by atoms with E-state index in [1.54, 1.807) is 6.20 Å². The first-order chi connectivity index (χ1) is 19.9. The molecule has 0 saturated carbocycles. The summed E-state index contributed by atoms with van der Waals surface area (Å²) in [6.45, 7) is 0.137. The summed E-state index contributed by atoms with van der Waals surface area (Å²) in [5.41, 5.74) is 23.4. The number of hydrogen-bond acceptors (Lipinski definition) is 8. The van der Waals surface area contributed by atoms with Gasteiger partial charge in [-0.2, -0.15) is 11.8 Å². The van der Waals surface area contributed by atoms with Crippen LogP contribution in [0.5, 0.6) is 0 Å². The van der Waals surface area contributed by atoms with Gasteiger partial charge in [-0.15, -0.1) is 0 Å². The number of thioether (sulfide) groups is 1. The summed E-state index contributed by atoms with van der Waals surface area (Å²) in [6.07, 6.45) is 3.59. The van der Waals surface area contributed by atoms with Crippen LogP contribution in [-0.2, 0) is 30.4 Å². The summed E-state index contributed by atoms with van der Waals surface area (Å²) in [5.74, 6) is -4.06. The molecular weight excluding hydrogens is 566 g/mol. The first-order valence-electron chi connectivity index (χ1n) is 13.2. The second kappa shape index (κ2) is 16.8. The third kappa shape index (κ3) is 10.9. The molecular formula is C26H39N9O6S. The van der Waals surface area contributed by atoms with E-state index >= 15 is 0 Å². The SMILES string of the molecule is CSCCC(N)C(=O)NC(Cc1c[nH]c2ccccc12)C(=O)NC(CC(N)=O)C(=O)NC(CCCN=C(N)N)C(=O)O. The number of carboxylic acid groups (broad SMARTS) is 1. The Bertz CT molecular complexity index is 1280. The van der Waals surface area contributed by atoms with E-state index in [0.717, 1.165) is 10.9 Å². The highest BCUT2D eigenvalue weighted by Crippen LogP contribution is 2.19. The highest BCUT2D eigenvalue weighted by atomic mass is 32.2. The molecule has 13 N–H and O–H groups in total. The largest absolute Gasteiger partial charge is 0.480 e. The number of fused-ring (bicyclic) bond motifs is 1. The van der Waals surface area contributed by atoms with Crippen LogP contribution < -0.4 is 38.9 Å². The summed E-state index contributed by atoms with van der Waals surface area (Å²) in [7, 11) is 0. The topological polar surface area (TPSA) is 274 Å². The van der Waals surface area contributed by atoms with Crippen molar-refractivity contribution >= 4 is 58.2 Å². The number of nitrogens with one attached hydrogen (secondary N) is 4. The average molecular weight is 606 g/mol. The molecule has 1 aromatic heterocycles. The van der Waals surface area contributed by atoms with Gasteiger partial charge in [-0.1, -0.05) is 18.2 Å². The molecule has 4 unspecified atom stereocenters. The molecule has 0 aliphatic heterocycles. The van der Waals surface area contributed by atoms with Crippen molar-refractivity contribution in [3.8, 4) is 0 Å². The number of aromatic amines is 1. The van der Waals surface area contributed by atoms with Gasteiger partial charge in [0.1, 0.15) is 18.1 Å². The maximum absolute atomic E-state index is 13.5. The monoisotopic (exact) mass is 605 g/mol. The standard InChI is InChI=1S/C26H39N9O6S/c1-42-10-8-16(27)22(37)34-19(11-14-13-32-17-6-3-2-5-15(14)17)23(38)35-20(12-21(28)36)24(39)33-18(25(40)41)7-4-9-31-26(29)30/h2-3,5-6,13,16,18-20,32H,4,7-12,27H2,1H3,(H2,28,36)(H,33,39)(H,34,37)(H,35,38)(H,40,41)(H4,29,30,31). The first-order valence-corrected chi connectivity index (χ1v) is 14.6. The van der Waals surface area contributed by atoms with Crippen LogP contribution in [0.15, 0.2) is 35.5 Å². The Balaban J connectivity index is 2.25. The Labute approximate surface area is 247 Å². The zero-order chi connectivity index (χ0) is 31.2. The van der Waals surface area contributed by atoms with E-state index < -0.39 is 60.2 Å². The first kappa shape index (κ1) is 33.9. The molecule has 0 bridgehead atoms. The summed E-state index contributed by atoms with van der Waals surface area (Å²) in [4.78, 5) is 69.8. The highest BCUT2D eigenvalue weighted by Gasteiger charge is 2.31.